The number of aromatic nitrogens is 2. The quantitative estimate of drug-likeness (QED) is 0.754. The van der Waals surface area contributed by atoms with Crippen LogP contribution in [0.25, 0.3) is 0 Å². The summed E-state index contributed by atoms with van der Waals surface area (Å²) in [7, 11) is -3.43. The van der Waals surface area contributed by atoms with Crippen LogP contribution in [0.4, 0.5) is 0 Å². The maximum atomic E-state index is 12.5. The van der Waals surface area contributed by atoms with Crippen molar-refractivity contribution < 1.29 is 8.42 Å². The SMILES string of the molecule is CC(C)N1CCN(S(=O)(=O)c2cnn(CCCl)c2)CC1. The van der Waals surface area contributed by atoms with Crippen molar-refractivity contribution in [2.45, 2.75) is 31.3 Å². The highest BCUT2D eigenvalue weighted by Gasteiger charge is 2.30. The van der Waals surface area contributed by atoms with E-state index in [0.29, 0.717) is 31.6 Å². The van der Waals surface area contributed by atoms with Crippen LogP contribution < -0.4 is 0 Å². The number of hydrogen-bond donors (Lipinski definition) is 0. The average molecular weight is 321 g/mol. The van der Waals surface area contributed by atoms with Gasteiger partial charge < -0.3 is 0 Å². The van der Waals surface area contributed by atoms with Crippen LogP contribution in [0.1, 0.15) is 13.8 Å². The topological polar surface area (TPSA) is 58.4 Å². The van der Waals surface area contributed by atoms with Crippen LogP contribution in [-0.4, -0.2) is 65.5 Å². The zero-order valence-corrected chi connectivity index (χ0v) is 13.4. The molecular weight excluding hydrogens is 300 g/mol. The second-order valence-corrected chi connectivity index (χ2v) is 7.48. The Morgan fingerprint density at radius 1 is 1.30 bits per heavy atom. The van der Waals surface area contributed by atoms with Gasteiger partial charge in [-0.1, -0.05) is 0 Å². The summed E-state index contributed by atoms with van der Waals surface area (Å²) in [6.45, 7) is 7.36. The number of rotatable bonds is 5. The average Bonchev–Trinajstić information content (AvgIpc) is 2.88. The molecule has 0 aromatic carbocycles. The summed E-state index contributed by atoms with van der Waals surface area (Å²) in [5.74, 6) is 0.411. The third kappa shape index (κ3) is 3.33. The summed E-state index contributed by atoms with van der Waals surface area (Å²) in [4.78, 5) is 2.53. The molecule has 2 rings (SSSR count). The molecule has 0 atom stereocenters. The molecule has 0 spiro atoms. The molecule has 0 amide bonds. The van der Waals surface area contributed by atoms with Crippen LogP contribution in [0, 0.1) is 0 Å². The Labute approximate surface area is 125 Å². The van der Waals surface area contributed by atoms with E-state index in [2.05, 4.69) is 23.8 Å². The summed E-state index contributed by atoms with van der Waals surface area (Å²) >= 11 is 5.63. The Morgan fingerprint density at radius 3 is 2.50 bits per heavy atom. The molecule has 20 heavy (non-hydrogen) atoms. The molecule has 0 saturated carbocycles. The Morgan fingerprint density at radius 2 is 1.95 bits per heavy atom. The van der Waals surface area contributed by atoms with Crippen molar-refractivity contribution in [2.24, 2.45) is 0 Å². The fraction of sp³-hybridized carbons (Fsp3) is 0.750. The first-order chi connectivity index (χ1) is 9.45. The van der Waals surface area contributed by atoms with Crippen molar-refractivity contribution in [2.75, 3.05) is 32.1 Å². The highest BCUT2D eigenvalue weighted by atomic mass is 35.5. The van der Waals surface area contributed by atoms with Gasteiger partial charge in [-0.3, -0.25) is 9.58 Å². The monoisotopic (exact) mass is 320 g/mol. The van der Waals surface area contributed by atoms with Gasteiger partial charge in [0.15, 0.2) is 0 Å². The summed E-state index contributed by atoms with van der Waals surface area (Å²) in [6.07, 6.45) is 2.95. The molecule has 1 aliphatic rings. The molecule has 0 N–H and O–H groups in total. The summed E-state index contributed by atoms with van der Waals surface area (Å²) in [6, 6.07) is 0.450. The van der Waals surface area contributed by atoms with E-state index < -0.39 is 10.0 Å². The van der Waals surface area contributed by atoms with E-state index >= 15 is 0 Å². The number of aryl methyl sites for hydroxylation is 1. The maximum absolute atomic E-state index is 12.5. The molecular formula is C12H21ClN4O2S. The predicted octanol–water partition coefficient (Wildman–Crippen LogP) is 0.837. The summed E-state index contributed by atoms with van der Waals surface area (Å²) in [5, 5.41) is 4.03. The van der Waals surface area contributed by atoms with E-state index in [1.54, 1.807) is 10.9 Å². The van der Waals surface area contributed by atoms with Crippen molar-refractivity contribution >= 4 is 21.6 Å². The lowest BCUT2D eigenvalue weighted by Gasteiger charge is -2.35. The molecule has 1 aliphatic heterocycles. The lowest BCUT2D eigenvalue weighted by molar-refractivity contribution is 0.154. The molecule has 0 aliphatic carbocycles. The Balaban J connectivity index is 2.07. The number of nitrogens with zero attached hydrogens (tertiary/aromatic N) is 4. The van der Waals surface area contributed by atoms with Crippen LogP contribution in [0.3, 0.4) is 0 Å². The van der Waals surface area contributed by atoms with Gasteiger partial charge in [-0.2, -0.15) is 9.40 Å². The van der Waals surface area contributed by atoms with E-state index in [1.165, 1.54) is 10.5 Å². The van der Waals surface area contributed by atoms with Crippen molar-refractivity contribution in [3.63, 3.8) is 0 Å². The Kier molecular flexibility index (Phi) is 5.06. The lowest BCUT2D eigenvalue weighted by Crippen LogP contribution is -2.50. The number of alkyl halides is 1. The van der Waals surface area contributed by atoms with E-state index in [0.717, 1.165) is 13.1 Å². The molecule has 8 heteroatoms. The van der Waals surface area contributed by atoms with Gasteiger partial charge in [-0.05, 0) is 13.8 Å². The maximum Gasteiger partial charge on any atom is 0.246 e. The minimum absolute atomic E-state index is 0.251. The van der Waals surface area contributed by atoms with Crippen molar-refractivity contribution in [1.82, 2.24) is 19.0 Å². The first-order valence-electron chi connectivity index (χ1n) is 6.78. The van der Waals surface area contributed by atoms with Gasteiger partial charge >= 0.3 is 0 Å². The van der Waals surface area contributed by atoms with Crippen LogP contribution in [0.5, 0.6) is 0 Å². The molecule has 1 aromatic rings. The number of sulfonamides is 1. The summed E-state index contributed by atoms with van der Waals surface area (Å²) in [5.41, 5.74) is 0. The first-order valence-corrected chi connectivity index (χ1v) is 8.75. The normalized spacial score (nSPS) is 18.8. The molecule has 0 bridgehead atoms. The highest BCUT2D eigenvalue weighted by molar-refractivity contribution is 7.89. The van der Waals surface area contributed by atoms with E-state index in [-0.39, 0.29) is 4.90 Å². The van der Waals surface area contributed by atoms with Gasteiger partial charge in [0.1, 0.15) is 4.90 Å². The molecule has 6 nitrogen and oxygen atoms in total. The van der Waals surface area contributed by atoms with Crippen LogP contribution in [0.2, 0.25) is 0 Å². The number of hydrogen-bond acceptors (Lipinski definition) is 4. The Hall–Kier alpha value is -0.630. The van der Waals surface area contributed by atoms with Gasteiger partial charge in [0.05, 0.1) is 12.7 Å². The largest absolute Gasteiger partial charge is 0.298 e. The highest BCUT2D eigenvalue weighted by Crippen LogP contribution is 2.17. The van der Waals surface area contributed by atoms with Gasteiger partial charge in [0, 0.05) is 44.3 Å². The van der Waals surface area contributed by atoms with Crippen molar-refractivity contribution in [1.29, 1.82) is 0 Å². The number of halogens is 1. The van der Waals surface area contributed by atoms with Gasteiger partial charge in [0.2, 0.25) is 10.0 Å². The summed E-state index contributed by atoms with van der Waals surface area (Å²) < 4.78 is 28.1. The molecule has 0 unspecified atom stereocenters. The van der Waals surface area contributed by atoms with Gasteiger partial charge in [0.25, 0.3) is 0 Å². The minimum Gasteiger partial charge on any atom is -0.298 e. The van der Waals surface area contributed by atoms with Crippen LogP contribution in [-0.2, 0) is 16.6 Å². The lowest BCUT2D eigenvalue weighted by atomic mass is 10.3. The fourth-order valence-electron chi connectivity index (χ4n) is 2.30. The van der Waals surface area contributed by atoms with Gasteiger partial charge in [-0.25, -0.2) is 8.42 Å². The molecule has 1 aromatic heterocycles. The third-order valence-corrected chi connectivity index (χ3v) is 5.59. The van der Waals surface area contributed by atoms with Crippen LogP contribution >= 0.6 is 11.6 Å². The predicted molar refractivity (Wildman–Crippen MR) is 78.4 cm³/mol. The Bertz CT molecular complexity index is 535. The zero-order chi connectivity index (χ0) is 14.8. The standard InChI is InChI=1S/C12H21ClN4O2S/c1-11(2)15-5-7-17(8-6-15)20(18,19)12-9-14-16(10-12)4-3-13/h9-11H,3-8H2,1-2H3. The minimum atomic E-state index is -3.43. The fourth-order valence-corrected chi connectivity index (χ4v) is 3.85. The van der Waals surface area contributed by atoms with E-state index in [4.69, 9.17) is 11.6 Å². The molecule has 1 saturated heterocycles. The molecule has 2 heterocycles. The van der Waals surface area contributed by atoms with Gasteiger partial charge in [-0.15, -0.1) is 11.6 Å². The molecule has 0 radical (unpaired) electrons. The second kappa shape index (κ2) is 6.43. The number of piperazine rings is 1. The molecule has 114 valence electrons. The molecule has 1 fully saturated rings. The van der Waals surface area contributed by atoms with Crippen molar-refractivity contribution in [3.05, 3.63) is 12.4 Å². The van der Waals surface area contributed by atoms with Crippen LogP contribution in [0.15, 0.2) is 17.3 Å². The first kappa shape index (κ1) is 15.8. The zero-order valence-electron chi connectivity index (χ0n) is 11.9. The third-order valence-electron chi connectivity index (χ3n) is 3.56. The van der Waals surface area contributed by atoms with E-state index in [9.17, 15) is 8.42 Å². The van der Waals surface area contributed by atoms with Crippen molar-refractivity contribution in [3.8, 4) is 0 Å². The second-order valence-electron chi connectivity index (χ2n) is 5.16. The smallest absolute Gasteiger partial charge is 0.246 e. The van der Waals surface area contributed by atoms with E-state index in [1.807, 2.05) is 0 Å².